The second-order valence-corrected chi connectivity index (χ2v) is 10.8. The molecule has 29 heavy (non-hydrogen) atoms. The monoisotopic (exact) mass is 405 g/mol. The second-order valence-electron chi connectivity index (χ2n) is 10.8. The summed E-state index contributed by atoms with van der Waals surface area (Å²) in [6.07, 6.45) is 9.03. The highest BCUT2D eigenvalue weighted by Gasteiger charge is 2.58. The largest absolute Gasteiger partial charge is 0.481 e. The van der Waals surface area contributed by atoms with Gasteiger partial charge in [-0.15, -0.1) is 0 Å². The van der Waals surface area contributed by atoms with E-state index >= 15 is 0 Å². The Balaban J connectivity index is 1.82. The smallest absolute Gasteiger partial charge is 0.303 e. The molecule has 0 aliphatic heterocycles. The van der Waals surface area contributed by atoms with Crippen LogP contribution in [0.2, 0.25) is 0 Å². The van der Waals surface area contributed by atoms with E-state index in [9.17, 15) is 14.4 Å². The lowest BCUT2D eigenvalue weighted by molar-refractivity contribution is -0.142. The molecule has 0 aromatic heterocycles. The topological polar surface area (TPSA) is 97.5 Å². The van der Waals surface area contributed by atoms with Crippen LogP contribution in [0.5, 0.6) is 0 Å². The zero-order valence-electron chi connectivity index (χ0n) is 18.4. The summed E-state index contributed by atoms with van der Waals surface area (Å²) >= 11 is 0. The minimum Gasteiger partial charge on any atom is -0.481 e. The molecule has 3 rings (SSSR count). The van der Waals surface area contributed by atoms with Gasteiger partial charge >= 0.3 is 5.97 Å². The van der Waals surface area contributed by atoms with E-state index in [1.165, 1.54) is 0 Å². The van der Waals surface area contributed by atoms with Gasteiger partial charge in [-0.3, -0.25) is 9.59 Å². The molecule has 164 valence electrons. The van der Waals surface area contributed by atoms with Gasteiger partial charge in [-0.2, -0.15) is 0 Å². The molecule has 3 fully saturated rings. The average Bonchev–Trinajstić information content (AvgIpc) is 3.01. The molecular weight excluding hydrogens is 366 g/mol. The van der Waals surface area contributed by atoms with Crippen molar-refractivity contribution >= 4 is 18.0 Å². The summed E-state index contributed by atoms with van der Waals surface area (Å²) < 4.78 is 0. The normalized spacial score (nSPS) is 43.6. The molecular formula is C24H39NO4. The molecule has 3 N–H and O–H groups in total. The van der Waals surface area contributed by atoms with E-state index in [0.29, 0.717) is 36.4 Å². The Bertz CT molecular complexity index is 649. The number of carboxylic acids is 1. The number of fused-ring (bicyclic) bond motifs is 1. The minimum atomic E-state index is -0.721. The molecule has 8 atom stereocenters. The predicted octanol–water partition coefficient (Wildman–Crippen LogP) is 4.22. The van der Waals surface area contributed by atoms with E-state index < -0.39 is 5.97 Å². The molecule has 0 spiro atoms. The summed E-state index contributed by atoms with van der Waals surface area (Å²) in [5, 5.41) is 9.09. The molecule has 3 unspecified atom stereocenters. The Kier molecular flexibility index (Phi) is 6.57. The number of hydrogen-bond acceptors (Lipinski definition) is 4. The Labute approximate surface area is 175 Å². The molecule has 0 aromatic rings. The van der Waals surface area contributed by atoms with Crippen molar-refractivity contribution in [3.05, 3.63) is 0 Å². The van der Waals surface area contributed by atoms with Gasteiger partial charge in [0.25, 0.3) is 0 Å². The van der Waals surface area contributed by atoms with Crippen LogP contribution in [0, 0.1) is 40.4 Å². The quantitative estimate of drug-likeness (QED) is 0.618. The molecule has 5 heteroatoms. The Morgan fingerprint density at radius 1 is 1.21 bits per heavy atom. The van der Waals surface area contributed by atoms with E-state index in [1.807, 2.05) is 0 Å². The maximum Gasteiger partial charge on any atom is 0.303 e. The lowest BCUT2D eigenvalue weighted by Crippen LogP contribution is -2.52. The third-order valence-corrected chi connectivity index (χ3v) is 9.32. The van der Waals surface area contributed by atoms with Crippen molar-refractivity contribution < 1.29 is 19.5 Å². The van der Waals surface area contributed by atoms with Gasteiger partial charge in [0.15, 0.2) is 0 Å². The maximum atomic E-state index is 13.0. The van der Waals surface area contributed by atoms with Gasteiger partial charge in [0.05, 0.1) is 0 Å². The molecule has 3 aliphatic carbocycles. The fourth-order valence-corrected chi connectivity index (χ4v) is 7.64. The van der Waals surface area contributed by atoms with Gasteiger partial charge in [-0.25, -0.2) is 0 Å². The van der Waals surface area contributed by atoms with Gasteiger partial charge in [0.1, 0.15) is 12.1 Å². The van der Waals surface area contributed by atoms with Crippen LogP contribution in [-0.2, 0) is 14.4 Å². The highest BCUT2D eigenvalue weighted by atomic mass is 16.4. The summed E-state index contributed by atoms with van der Waals surface area (Å²) in [4.78, 5) is 35.7. The number of rotatable bonds is 7. The van der Waals surface area contributed by atoms with Crippen molar-refractivity contribution in [1.82, 2.24) is 0 Å². The third kappa shape index (κ3) is 4.04. The molecule has 0 amide bonds. The molecule has 0 aromatic carbocycles. The van der Waals surface area contributed by atoms with E-state index in [0.717, 1.165) is 51.2 Å². The van der Waals surface area contributed by atoms with Crippen LogP contribution in [0.3, 0.4) is 0 Å². The minimum absolute atomic E-state index is 0.0140. The fraction of sp³-hybridized carbons (Fsp3) is 0.875. The number of carbonyl (C=O) groups excluding carboxylic acids is 2. The van der Waals surface area contributed by atoms with Gasteiger partial charge in [0.2, 0.25) is 0 Å². The van der Waals surface area contributed by atoms with E-state index in [-0.39, 0.29) is 35.1 Å². The first-order valence-corrected chi connectivity index (χ1v) is 11.6. The summed E-state index contributed by atoms with van der Waals surface area (Å²) in [5.41, 5.74) is 5.85. The van der Waals surface area contributed by atoms with Crippen LogP contribution in [0.25, 0.3) is 0 Å². The van der Waals surface area contributed by atoms with Crippen LogP contribution < -0.4 is 5.73 Å². The van der Waals surface area contributed by atoms with Crippen LogP contribution in [0.1, 0.15) is 85.0 Å². The lowest BCUT2D eigenvalue weighted by atomic mass is 9.49. The van der Waals surface area contributed by atoms with Crippen LogP contribution in [0.4, 0.5) is 0 Å². The number of nitrogens with two attached hydrogens (primary N) is 1. The molecule has 3 aliphatic rings. The van der Waals surface area contributed by atoms with Crippen LogP contribution in [-0.4, -0.2) is 29.2 Å². The molecule has 0 bridgehead atoms. The molecule has 0 radical (unpaired) electrons. The van der Waals surface area contributed by atoms with E-state index in [2.05, 4.69) is 20.8 Å². The van der Waals surface area contributed by atoms with Crippen molar-refractivity contribution in [1.29, 1.82) is 0 Å². The number of aliphatic carboxylic acids is 1. The zero-order valence-corrected chi connectivity index (χ0v) is 18.4. The fourth-order valence-electron chi connectivity index (χ4n) is 7.64. The number of hydrogen-bond donors (Lipinski definition) is 2. The van der Waals surface area contributed by atoms with Crippen molar-refractivity contribution in [2.75, 3.05) is 0 Å². The Hall–Kier alpha value is -1.23. The number of carboxylic acid groups (broad SMARTS) is 1. The van der Waals surface area contributed by atoms with Crippen molar-refractivity contribution in [3.8, 4) is 0 Å². The highest BCUT2D eigenvalue weighted by Crippen LogP contribution is 2.64. The standard InChI is InChI=1S/C24H39NO4/c1-15(4-7-22(28)29)18-5-6-19-17(10-13-26)20(9-12-23(18,19)2)24(3)11-8-16(25)14-21(24)27/h13,15-20H,4-12,14,25H2,1-3H3,(H,28,29)/t15-,16+,17?,18-,19?,20?,23-,24-/m1/s1. The predicted molar refractivity (Wildman–Crippen MR) is 112 cm³/mol. The summed E-state index contributed by atoms with van der Waals surface area (Å²) in [6.45, 7) is 6.71. The lowest BCUT2D eigenvalue weighted by Gasteiger charge is -2.55. The third-order valence-electron chi connectivity index (χ3n) is 9.32. The summed E-state index contributed by atoms with van der Waals surface area (Å²) in [5.74, 6) is 1.42. The molecule has 0 saturated heterocycles. The number of aldehydes is 1. The Morgan fingerprint density at radius 3 is 2.55 bits per heavy atom. The molecule has 5 nitrogen and oxygen atoms in total. The molecule has 3 saturated carbocycles. The Morgan fingerprint density at radius 2 is 1.93 bits per heavy atom. The maximum absolute atomic E-state index is 13.0. The number of carbonyl (C=O) groups is 3. The highest BCUT2D eigenvalue weighted by molar-refractivity contribution is 5.86. The second kappa shape index (κ2) is 8.49. The first-order chi connectivity index (χ1) is 13.6. The van der Waals surface area contributed by atoms with Gasteiger partial charge in [-0.1, -0.05) is 20.8 Å². The van der Waals surface area contributed by atoms with Gasteiger partial charge in [0, 0.05) is 30.7 Å². The van der Waals surface area contributed by atoms with Crippen LogP contribution in [0.15, 0.2) is 0 Å². The van der Waals surface area contributed by atoms with Crippen molar-refractivity contribution in [3.63, 3.8) is 0 Å². The zero-order chi connectivity index (χ0) is 21.4. The van der Waals surface area contributed by atoms with Gasteiger partial charge in [-0.05, 0) is 80.0 Å². The van der Waals surface area contributed by atoms with Crippen molar-refractivity contribution in [2.24, 2.45) is 46.2 Å². The SMILES string of the molecule is C[C@H](CCC(=O)O)[C@H]1CCC2C(CC=O)C([C@@]3(C)CC[C@H](N)CC3=O)CC[C@@]21C. The number of ketones is 1. The van der Waals surface area contributed by atoms with Gasteiger partial charge < -0.3 is 15.6 Å². The number of Topliss-reactive ketones (excluding diaryl/α,β-unsaturated/α-hetero) is 1. The first-order valence-electron chi connectivity index (χ1n) is 11.6. The average molecular weight is 406 g/mol. The van der Waals surface area contributed by atoms with Crippen molar-refractivity contribution in [2.45, 2.75) is 91.0 Å². The first kappa shape index (κ1) is 22.5. The summed E-state index contributed by atoms with van der Waals surface area (Å²) in [6, 6.07) is -0.0140. The van der Waals surface area contributed by atoms with E-state index in [4.69, 9.17) is 10.8 Å². The molecule has 0 heterocycles. The summed E-state index contributed by atoms with van der Waals surface area (Å²) in [7, 11) is 0. The van der Waals surface area contributed by atoms with Crippen LogP contribution >= 0.6 is 0 Å². The van der Waals surface area contributed by atoms with E-state index in [1.54, 1.807) is 0 Å².